The Morgan fingerprint density at radius 2 is 1.91 bits per heavy atom. The zero-order valence-electron chi connectivity index (χ0n) is 19.0. The fraction of sp³-hybridized carbons (Fsp3) is 0.458. The summed E-state index contributed by atoms with van der Waals surface area (Å²) in [7, 11) is 5.95. The normalized spacial score (nSPS) is 17.0. The fourth-order valence-electron chi connectivity index (χ4n) is 4.31. The van der Waals surface area contributed by atoms with E-state index in [1.807, 2.05) is 56.4 Å². The Kier molecular flexibility index (Phi) is 6.88. The Labute approximate surface area is 194 Å². The van der Waals surface area contributed by atoms with Crippen LogP contribution in [0.2, 0.25) is 5.02 Å². The average molecular weight is 459 g/mol. The first-order chi connectivity index (χ1) is 15.4. The smallest absolute Gasteiger partial charge is 0.148 e. The summed E-state index contributed by atoms with van der Waals surface area (Å²) in [5.41, 5.74) is 2.84. The number of rotatable bonds is 6. The van der Waals surface area contributed by atoms with Crippen LogP contribution in [-0.4, -0.2) is 63.6 Å². The van der Waals surface area contributed by atoms with E-state index in [1.165, 1.54) is 0 Å². The van der Waals surface area contributed by atoms with Crippen molar-refractivity contribution in [2.24, 2.45) is 4.99 Å². The maximum atomic E-state index is 15.0. The first kappa shape index (κ1) is 22.8. The Morgan fingerprint density at radius 1 is 1.12 bits per heavy atom. The second-order valence-electron chi connectivity index (χ2n) is 8.95. The number of fused-ring (bicyclic) bond motifs is 1. The zero-order valence-corrected chi connectivity index (χ0v) is 19.8. The van der Waals surface area contributed by atoms with Crippen LogP contribution in [0.4, 0.5) is 21.5 Å². The van der Waals surface area contributed by atoms with Crippen LogP contribution in [0.3, 0.4) is 0 Å². The van der Waals surface area contributed by atoms with Crippen LogP contribution in [0.1, 0.15) is 18.4 Å². The van der Waals surface area contributed by atoms with Crippen LogP contribution in [0, 0.1) is 5.82 Å². The quantitative estimate of drug-likeness (QED) is 0.614. The van der Waals surface area contributed by atoms with Gasteiger partial charge in [0.15, 0.2) is 0 Å². The van der Waals surface area contributed by atoms with E-state index in [-0.39, 0.29) is 11.4 Å². The first-order valence-corrected chi connectivity index (χ1v) is 11.5. The van der Waals surface area contributed by atoms with Crippen molar-refractivity contribution in [3.8, 4) is 0 Å². The van der Waals surface area contributed by atoms with Gasteiger partial charge in [0.1, 0.15) is 11.7 Å². The van der Waals surface area contributed by atoms with Crippen molar-refractivity contribution in [1.82, 2.24) is 15.5 Å². The minimum absolute atomic E-state index is 0.230. The zero-order chi connectivity index (χ0) is 22.7. The SMILES string of the molecule is CN(C)CCN(C)c1cc2c(cc1F)NC1(CCNCC1)C(NCc1cccc(Cl)c1)=N2. The second kappa shape index (κ2) is 9.65. The van der Waals surface area contributed by atoms with Crippen LogP contribution >= 0.6 is 11.6 Å². The van der Waals surface area contributed by atoms with Gasteiger partial charge in [-0.25, -0.2) is 9.38 Å². The number of hydrogen-bond donors (Lipinski definition) is 3. The van der Waals surface area contributed by atoms with E-state index in [2.05, 4.69) is 20.9 Å². The molecule has 0 aromatic heterocycles. The molecule has 1 saturated heterocycles. The summed E-state index contributed by atoms with van der Waals surface area (Å²) < 4.78 is 15.0. The molecule has 6 nitrogen and oxygen atoms in total. The summed E-state index contributed by atoms with van der Waals surface area (Å²) in [5, 5.41) is 11.3. The number of nitrogens with zero attached hydrogens (tertiary/aromatic N) is 3. The topological polar surface area (TPSA) is 54.9 Å². The van der Waals surface area contributed by atoms with Crippen molar-refractivity contribution in [2.45, 2.75) is 24.9 Å². The van der Waals surface area contributed by atoms with Crippen LogP contribution in [0.15, 0.2) is 41.4 Å². The predicted molar refractivity (Wildman–Crippen MR) is 132 cm³/mol. The van der Waals surface area contributed by atoms with Gasteiger partial charge in [-0.15, -0.1) is 0 Å². The minimum atomic E-state index is -0.332. The Hall–Kier alpha value is -2.35. The van der Waals surface area contributed by atoms with Crippen molar-refractivity contribution in [2.75, 3.05) is 57.5 Å². The Bertz CT molecular complexity index is 986. The van der Waals surface area contributed by atoms with Crippen molar-refractivity contribution < 1.29 is 4.39 Å². The van der Waals surface area contributed by atoms with E-state index in [1.54, 1.807) is 6.07 Å². The van der Waals surface area contributed by atoms with Gasteiger partial charge in [0, 0.05) is 37.8 Å². The van der Waals surface area contributed by atoms with Crippen molar-refractivity contribution >= 4 is 34.5 Å². The van der Waals surface area contributed by atoms with Gasteiger partial charge in [-0.1, -0.05) is 23.7 Å². The van der Waals surface area contributed by atoms with Crippen molar-refractivity contribution in [3.63, 3.8) is 0 Å². The Morgan fingerprint density at radius 3 is 2.62 bits per heavy atom. The van der Waals surface area contributed by atoms with Gasteiger partial charge in [0.05, 0.1) is 22.6 Å². The van der Waals surface area contributed by atoms with E-state index in [9.17, 15) is 0 Å². The average Bonchev–Trinajstić information content (AvgIpc) is 2.76. The van der Waals surface area contributed by atoms with Gasteiger partial charge in [-0.05, 0) is 63.8 Å². The maximum Gasteiger partial charge on any atom is 0.148 e. The molecule has 0 radical (unpaired) electrons. The maximum absolute atomic E-state index is 15.0. The molecule has 1 fully saturated rings. The lowest BCUT2D eigenvalue weighted by atomic mass is 9.85. The highest BCUT2D eigenvalue weighted by atomic mass is 35.5. The third-order valence-electron chi connectivity index (χ3n) is 6.22. The molecule has 0 amide bonds. The molecule has 2 heterocycles. The lowest BCUT2D eigenvalue weighted by molar-refractivity contribution is 0.412. The molecule has 1 spiro atoms. The molecule has 0 aliphatic carbocycles. The molecular formula is C24H32ClFN6. The lowest BCUT2D eigenvalue weighted by Gasteiger charge is -2.43. The molecule has 8 heteroatoms. The molecule has 3 N–H and O–H groups in total. The fourth-order valence-corrected chi connectivity index (χ4v) is 4.52. The molecule has 2 aromatic carbocycles. The van der Waals surface area contributed by atoms with Gasteiger partial charge in [0.25, 0.3) is 0 Å². The molecule has 0 atom stereocenters. The summed E-state index contributed by atoms with van der Waals surface area (Å²) in [5.74, 6) is 0.673. The molecule has 2 aromatic rings. The third kappa shape index (κ3) is 5.00. The molecule has 4 rings (SSSR count). The largest absolute Gasteiger partial charge is 0.371 e. The third-order valence-corrected chi connectivity index (χ3v) is 6.46. The van der Waals surface area contributed by atoms with Gasteiger partial charge < -0.3 is 25.8 Å². The number of anilines is 2. The molecule has 0 unspecified atom stereocenters. The molecule has 0 saturated carbocycles. The molecular weight excluding hydrogens is 427 g/mol. The van der Waals surface area contributed by atoms with Gasteiger partial charge in [-0.2, -0.15) is 0 Å². The van der Waals surface area contributed by atoms with E-state index >= 15 is 4.39 Å². The van der Waals surface area contributed by atoms with E-state index in [0.717, 1.165) is 66.8 Å². The lowest BCUT2D eigenvalue weighted by Crippen LogP contribution is -2.58. The van der Waals surface area contributed by atoms with Gasteiger partial charge in [0.2, 0.25) is 0 Å². The number of amidine groups is 1. The number of halogens is 2. The number of benzene rings is 2. The summed E-state index contributed by atoms with van der Waals surface area (Å²) in [4.78, 5) is 9.05. The van der Waals surface area contributed by atoms with Crippen LogP contribution in [0.5, 0.6) is 0 Å². The van der Waals surface area contributed by atoms with E-state index < -0.39 is 0 Å². The molecule has 2 aliphatic heterocycles. The number of hydrogen-bond acceptors (Lipinski definition) is 6. The summed E-state index contributed by atoms with van der Waals surface area (Å²) in [6.07, 6.45) is 1.75. The second-order valence-corrected chi connectivity index (χ2v) is 9.38. The van der Waals surface area contributed by atoms with Crippen LogP contribution < -0.4 is 20.9 Å². The first-order valence-electron chi connectivity index (χ1n) is 11.1. The van der Waals surface area contributed by atoms with Gasteiger partial charge in [-0.3, -0.25) is 0 Å². The van der Waals surface area contributed by atoms with E-state index in [4.69, 9.17) is 16.6 Å². The summed E-state index contributed by atoms with van der Waals surface area (Å²) in [6, 6.07) is 11.3. The number of nitrogens with one attached hydrogen (secondary N) is 3. The van der Waals surface area contributed by atoms with Crippen LogP contribution in [0.25, 0.3) is 0 Å². The highest BCUT2D eigenvalue weighted by Gasteiger charge is 2.40. The predicted octanol–water partition coefficient (Wildman–Crippen LogP) is 3.84. The summed E-state index contributed by atoms with van der Waals surface area (Å²) >= 11 is 6.16. The minimum Gasteiger partial charge on any atom is -0.371 e. The monoisotopic (exact) mass is 458 g/mol. The molecule has 172 valence electrons. The van der Waals surface area contributed by atoms with E-state index in [0.29, 0.717) is 12.2 Å². The van der Waals surface area contributed by atoms with Crippen LogP contribution in [-0.2, 0) is 6.54 Å². The number of likely N-dealkylation sites (N-methyl/N-ethyl adjacent to an activating group) is 2. The Balaban J connectivity index is 1.64. The summed E-state index contributed by atoms with van der Waals surface area (Å²) in [6.45, 7) is 3.97. The highest BCUT2D eigenvalue weighted by molar-refractivity contribution is 6.30. The number of piperidine rings is 1. The molecule has 0 bridgehead atoms. The standard InChI is InChI=1S/C24H32ClFN6/c1-31(2)11-12-32(3)22-15-20-21(14-19(22)26)30-24(7-9-27-10-8-24)23(29-20)28-16-17-5-4-6-18(25)13-17/h4-6,13-15,27,30H,7-12,16H2,1-3H3,(H,28,29). The van der Waals surface area contributed by atoms with Crippen molar-refractivity contribution in [3.05, 3.63) is 52.8 Å². The number of aliphatic imine (C=N–C) groups is 1. The molecule has 32 heavy (non-hydrogen) atoms. The molecule has 2 aliphatic rings. The highest BCUT2D eigenvalue weighted by Crippen LogP contribution is 2.40. The van der Waals surface area contributed by atoms with Crippen molar-refractivity contribution in [1.29, 1.82) is 0 Å². The van der Waals surface area contributed by atoms with Gasteiger partial charge >= 0.3 is 0 Å².